The first-order valence-electron chi connectivity index (χ1n) is 9.98. The molecule has 0 aliphatic carbocycles. The molecular formula is C25H26N2O4. The van der Waals surface area contributed by atoms with Crippen molar-refractivity contribution in [2.45, 2.75) is 19.8 Å². The van der Waals surface area contributed by atoms with Crippen LogP contribution in [0.2, 0.25) is 0 Å². The summed E-state index contributed by atoms with van der Waals surface area (Å²) in [7, 11) is 3.18. The Kier molecular flexibility index (Phi) is 7.27. The minimum atomic E-state index is -0.219. The number of nitrogens with one attached hydrogen (secondary N) is 2. The van der Waals surface area contributed by atoms with Gasteiger partial charge in [-0.2, -0.15) is 0 Å². The summed E-state index contributed by atoms with van der Waals surface area (Å²) >= 11 is 0. The van der Waals surface area contributed by atoms with E-state index in [4.69, 9.17) is 9.47 Å². The van der Waals surface area contributed by atoms with E-state index in [1.165, 1.54) is 0 Å². The predicted molar refractivity (Wildman–Crippen MR) is 122 cm³/mol. The molecule has 3 rings (SSSR count). The number of benzene rings is 3. The maximum atomic E-state index is 12.7. The second-order valence-corrected chi connectivity index (χ2v) is 7.07. The smallest absolute Gasteiger partial charge is 0.256 e. The van der Waals surface area contributed by atoms with E-state index in [1.54, 1.807) is 38.5 Å². The number of anilines is 2. The third kappa shape index (κ3) is 5.85. The van der Waals surface area contributed by atoms with Crippen molar-refractivity contribution in [3.05, 3.63) is 83.4 Å². The van der Waals surface area contributed by atoms with Crippen LogP contribution in [0, 0.1) is 6.92 Å². The fraction of sp³-hybridized carbons (Fsp3) is 0.200. The molecule has 0 spiro atoms. The van der Waals surface area contributed by atoms with Crippen LogP contribution < -0.4 is 20.1 Å². The second kappa shape index (κ2) is 10.3. The molecule has 3 aromatic carbocycles. The second-order valence-electron chi connectivity index (χ2n) is 7.07. The third-order valence-corrected chi connectivity index (χ3v) is 4.94. The van der Waals surface area contributed by atoms with Crippen molar-refractivity contribution in [2.24, 2.45) is 0 Å². The van der Waals surface area contributed by atoms with Crippen molar-refractivity contribution in [3.63, 3.8) is 0 Å². The summed E-state index contributed by atoms with van der Waals surface area (Å²) in [5.41, 5.74) is 3.51. The molecule has 0 unspecified atom stereocenters. The highest BCUT2D eigenvalue weighted by Crippen LogP contribution is 2.24. The number of aryl methyl sites for hydroxylation is 1. The Morgan fingerprint density at radius 2 is 1.52 bits per heavy atom. The highest BCUT2D eigenvalue weighted by atomic mass is 16.5. The fourth-order valence-electron chi connectivity index (χ4n) is 3.22. The molecular weight excluding hydrogens is 392 g/mol. The molecule has 0 heterocycles. The Morgan fingerprint density at radius 1 is 0.839 bits per heavy atom. The molecule has 0 saturated heterocycles. The largest absolute Gasteiger partial charge is 0.497 e. The number of para-hydroxylation sites is 1. The lowest BCUT2D eigenvalue weighted by atomic mass is 10.0. The molecule has 0 radical (unpaired) electrons. The number of methoxy groups -OCH3 is 2. The molecule has 0 aliphatic rings. The van der Waals surface area contributed by atoms with Gasteiger partial charge in [0.2, 0.25) is 5.91 Å². The lowest BCUT2D eigenvalue weighted by molar-refractivity contribution is -0.116. The highest BCUT2D eigenvalue weighted by Gasteiger charge is 2.14. The van der Waals surface area contributed by atoms with Crippen LogP contribution in [0.25, 0.3) is 0 Å². The molecule has 0 aromatic heterocycles. The first kappa shape index (κ1) is 21.9. The van der Waals surface area contributed by atoms with Gasteiger partial charge in [0.05, 0.1) is 14.2 Å². The molecule has 3 aromatic rings. The number of carbonyl (C=O) groups is 2. The van der Waals surface area contributed by atoms with Gasteiger partial charge in [-0.05, 0) is 60.9 Å². The minimum absolute atomic E-state index is 0.134. The van der Waals surface area contributed by atoms with Gasteiger partial charge in [-0.1, -0.05) is 24.3 Å². The molecule has 0 saturated carbocycles. The Hall–Kier alpha value is -3.80. The van der Waals surface area contributed by atoms with Crippen LogP contribution in [-0.2, 0) is 11.2 Å². The zero-order chi connectivity index (χ0) is 22.2. The third-order valence-electron chi connectivity index (χ3n) is 4.94. The SMILES string of the molecule is COc1cc(CCC(=O)Nc2cccc(C(=O)Nc3ccccc3)c2C)cc(OC)c1. The van der Waals surface area contributed by atoms with Gasteiger partial charge in [0.25, 0.3) is 5.91 Å². The number of amides is 2. The average Bonchev–Trinajstić information content (AvgIpc) is 2.79. The van der Waals surface area contributed by atoms with Crippen LogP contribution in [0.1, 0.15) is 27.9 Å². The summed E-state index contributed by atoms with van der Waals surface area (Å²) in [6, 6.07) is 20.1. The standard InChI is InChI=1S/C25H26N2O4/c1-17-22(25(29)26-19-8-5-4-6-9-19)10-7-11-23(17)27-24(28)13-12-18-14-20(30-2)16-21(15-18)31-3/h4-11,14-16H,12-13H2,1-3H3,(H,26,29)(H,27,28). The molecule has 160 valence electrons. The summed E-state index contributed by atoms with van der Waals surface area (Å²) in [6.45, 7) is 1.82. The fourth-order valence-corrected chi connectivity index (χ4v) is 3.22. The monoisotopic (exact) mass is 418 g/mol. The normalized spacial score (nSPS) is 10.3. The zero-order valence-electron chi connectivity index (χ0n) is 17.9. The van der Waals surface area contributed by atoms with Crippen LogP contribution in [0.15, 0.2) is 66.7 Å². The molecule has 6 nitrogen and oxygen atoms in total. The van der Waals surface area contributed by atoms with Gasteiger partial charge < -0.3 is 20.1 Å². The Labute approximate surface area is 182 Å². The van der Waals surface area contributed by atoms with Gasteiger partial charge in [0.15, 0.2) is 0 Å². The number of hydrogen-bond acceptors (Lipinski definition) is 4. The summed E-state index contributed by atoms with van der Waals surface area (Å²) in [4.78, 5) is 25.2. The molecule has 0 fully saturated rings. The Balaban J connectivity index is 1.65. The predicted octanol–water partition coefficient (Wildman–Crippen LogP) is 4.84. The molecule has 31 heavy (non-hydrogen) atoms. The van der Waals surface area contributed by atoms with E-state index in [2.05, 4.69) is 10.6 Å². The quantitative estimate of drug-likeness (QED) is 0.549. The van der Waals surface area contributed by atoms with Gasteiger partial charge in [-0.15, -0.1) is 0 Å². The van der Waals surface area contributed by atoms with Gasteiger partial charge in [0.1, 0.15) is 11.5 Å². The van der Waals surface area contributed by atoms with Crippen molar-refractivity contribution in [1.82, 2.24) is 0 Å². The molecule has 0 atom stereocenters. The lowest BCUT2D eigenvalue weighted by Gasteiger charge is -2.13. The zero-order valence-corrected chi connectivity index (χ0v) is 17.9. The Bertz CT molecular complexity index is 1040. The van der Waals surface area contributed by atoms with Crippen molar-refractivity contribution >= 4 is 23.2 Å². The van der Waals surface area contributed by atoms with Crippen LogP contribution in [0.5, 0.6) is 11.5 Å². The van der Waals surface area contributed by atoms with Gasteiger partial charge in [0, 0.05) is 29.4 Å². The van der Waals surface area contributed by atoms with Crippen LogP contribution >= 0.6 is 0 Å². The van der Waals surface area contributed by atoms with Crippen molar-refractivity contribution in [3.8, 4) is 11.5 Å². The van der Waals surface area contributed by atoms with Gasteiger partial charge in [-0.25, -0.2) is 0 Å². The summed E-state index contributed by atoms with van der Waals surface area (Å²) in [6.07, 6.45) is 0.822. The number of hydrogen-bond donors (Lipinski definition) is 2. The van der Waals surface area contributed by atoms with Crippen molar-refractivity contribution in [1.29, 1.82) is 0 Å². The molecule has 0 aliphatic heterocycles. The van der Waals surface area contributed by atoms with E-state index in [1.807, 2.05) is 49.4 Å². The Morgan fingerprint density at radius 3 is 2.16 bits per heavy atom. The number of ether oxygens (including phenoxy) is 2. The van der Waals surface area contributed by atoms with Gasteiger partial charge in [-0.3, -0.25) is 9.59 Å². The van der Waals surface area contributed by atoms with Crippen LogP contribution in [0.4, 0.5) is 11.4 Å². The van der Waals surface area contributed by atoms with E-state index >= 15 is 0 Å². The van der Waals surface area contributed by atoms with Crippen molar-refractivity contribution < 1.29 is 19.1 Å². The van der Waals surface area contributed by atoms with E-state index in [0.717, 1.165) is 11.3 Å². The number of rotatable bonds is 8. The molecule has 2 N–H and O–H groups in total. The first-order chi connectivity index (χ1) is 15.0. The van der Waals surface area contributed by atoms with E-state index in [-0.39, 0.29) is 18.2 Å². The first-order valence-corrected chi connectivity index (χ1v) is 9.98. The summed E-state index contributed by atoms with van der Waals surface area (Å²) in [5.74, 6) is 1.01. The summed E-state index contributed by atoms with van der Waals surface area (Å²) < 4.78 is 10.6. The molecule has 2 amide bonds. The molecule has 6 heteroatoms. The van der Waals surface area contributed by atoms with Gasteiger partial charge >= 0.3 is 0 Å². The van der Waals surface area contributed by atoms with E-state index in [0.29, 0.717) is 34.7 Å². The van der Waals surface area contributed by atoms with E-state index < -0.39 is 0 Å². The minimum Gasteiger partial charge on any atom is -0.497 e. The van der Waals surface area contributed by atoms with Crippen molar-refractivity contribution in [2.75, 3.05) is 24.9 Å². The highest BCUT2D eigenvalue weighted by molar-refractivity contribution is 6.06. The number of carbonyl (C=O) groups excluding carboxylic acids is 2. The van der Waals surface area contributed by atoms with Crippen LogP contribution in [0.3, 0.4) is 0 Å². The topological polar surface area (TPSA) is 76.7 Å². The van der Waals surface area contributed by atoms with Crippen LogP contribution in [-0.4, -0.2) is 26.0 Å². The average molecular weight is 418 g/mol. The maximum absolute atomic E-state index is 12.7. The summed E-state index contributed by atoms with van der Waals surface area (Å²) in [5, 5.41) is 5.79. The lowest BCUT2D eigenvalue weighted by Crippen LogP contribution is -2.17. The molecule has 0 bridgehead atoms. The maximum Gasteiger partial charge on any atom is 0.256 e. The van der Waals surface area contributed by atoms with E-state index in [9.17, 15) is 9.59 Å².